The lowest BCUT2D eigenvalue weighted by molar-refractivity contribution is 0.669. The van der Waals surface area contributed by atoms with Gasteiger partial charge in [0.15, 0.2) is 0 Å². The molecule has 254 valence electrons. The van der Waals surface area contributed by atoms with Crippen molar-refractivity contribution >= 4 is 92.1 Å². The molecule has 0 spiro atoms. The molecule has 0 N–H and O–H groups in total. The minimum atomic E-state index is 0.836. The number of thiazole rings is 1. The second-order valence-corrected chi connectivity index (χ2v) is 15.6. The first-order chi connectivity index (χ1) is 26.7. The summed E-state index contributed by atoms with van der Waals surface area (Å²) >= 11 is 3.57. The monoisotopic (exact) mass is 726 g/mol. The minimum absolute atomic E-state index is 0.836. The smallest absolute Gasteiger partial charge is 0.137 e. The van der Waals surface area contributed by atoms with Crippen molar-refractivity contribution in [3.63, 3.8) is 0 Å². The van der Waals surface area contributed by atoms with E-state index >= 15 is 0 Å². The lowest BCUT2D eigenvalue weighted by Crippen LogP contribution is -2.09. The van der Waals surface area contributed by atoms with Crippen LogP contribution in [-0.2, 0) is 0 Å². The number of aromatic nitrogens is 1. The van der Waals surface area contributed by atoms with E-state index in [0.717, 1.165) is 59.8 Å². The predicted octanol–water partition coefficient (Wildman–Crippen LogP) is 15.0. The molecule has 3 nitrogen and oxygen atoms in total. The summed E-state index contributed by atoms with van der Waals surface area (Å²) in [5.74, 6) is 0. The summed E-state index contributed by atoms with van der Waals surface area (Å²) in [6.45, 7) is 0. The molecule has 0 radical (unpaired) electrons. The summed E-state index contributed by atoms with van der Waals surface area (Å²) in [5.41, 5.74) is 11.8. The Morgan fingerprint density at radius 2 is 1.06 bits per heavy atom. The molecule has 11 aromatic rings. The van der Waals surface area contributed by atoms with Crippen LogP contribution in [-0.4, -0.2) is 4.98 Å². The van der Waals surface area contributed by atoms with E-state index in [1.807, 2.05) is 17.4 Å². The van der Waals surface area contributed by atoms with Gasteiger partial charge in [-0.25, -0.2) is 4.98 Å². The van der Waals surface area contributed by atoms with Crippen LogP contribution in [0.3, 0.4) is 0 Å². The van der Waals surface area contributed by atoms with E-state index in [-0.39, 0.29) is 0 Å². The van der Waals surface area contributed by atoms with Crippen LogP contribution in [0.25, 0.3) is 85.2 Å². The van der Waals surface area contributed by atoms with Crippen LogP contribution in [0.5, 0.6) is 0 Å². The quantitative estimate of drug-likeness (QED) is 0.171. The van der Waals surface area contributed by atoms with Crippen molar-refractivity contribution in [3.8, 4) is 32.8 Å². The van der Waals surface area contributed by atoms with Gasteiger partial charge in [0.1, 0.15) is 16.2 Å². The highest BCUT2D eigenvalue weighted by Crippen LogP contribution is 2.44. The molecule has 0 bridgehead atoms. The van der Waals surface area contributed by atoms with Crippen LogP contribution >= 0.6 is 22.7 Å². The lowest BCUT2D eigenvalue weighted by atomic mass is 9.99. The largest absolute Gasteiger partial charge is 0.456 e. The summed E-state index contributed by atoms with van der Waals surface area (Å²) in [6.07, 6.45) is 0. The molecular formula is C49H30N2OS2. The van der Waals surface area contributed by atoms with Gasteiger partial charge in [0, 0.05) is 54.3 Å². The fourth-order valence-corrected chi connectivity index (χ4v) is 9.88. The number of thiophene rings is 1. The molecule has 0 amide bonds. The highest BCUT2D eigenvalue weighted by Gasteiger charge is 2.19. The van der Waals surface area contributed by atoms with Crippen LogP contribution in [0, 0.1) is 0 Å². The maximum Gasteiger partial charge on any atom is 0.137 e. The van der Waals surface area contributed by atoms with Gasteiger partial charge >= 0.3 is 0 Å². The standard InChI is InChI=1S/C49H30N2OS2/c1-3-10-31(11-4-1)32-18-22-35(23-19-32)51(36-24-20-33(21-25-36)38-15-9-17-44-46(38)40-14-7-8-16-43(40)53-44)37-26-27-39-42(30-37)52-41-28-29-45-48(47(39)41)50-49(54-45)34-12-5-2-6-13-34/h1-30H. The van der Waals surface area contributed by atoms with Crippen molar-refractivity contribution in [3.05, 3.63) is 182 Å². The molecule has 0 fully saturated rings. The van der Waals surface area contributed by atoms with Crippen molar-refractivity contribution < 1.29 is 4.42 Å². The van der Waals surface area contributed by atoms with Gasteiger partial charge in [0.05, 0.1) is 15.6 Å². The third kappa shape index (κ3) is 5.12. The third-order valence-electron chi connectivity index (χ3n) is 10.3. The summed E-state index contributed by atoms with van der Waals surface area (Å²) in [7, 11) is 0. The number of hydrogen-bond acceptors (Lipinski definition) is 5. The number of furan rings is 1. The molecule has 0 atom stereocenters. The zero-order valence-corrected chi connectivity index (χ0v) is 30.6. The molecule has 3 aromatic heterocycles. The SMILES string of the molecule is c1ccc(-c2ccc(N(c3ccc(-c4cccc5sc6ccccc6c45)cc3)c3ccc4c(c3)oc3ccc5sc(-c6ccccc6)nc5c34)cc2)cc1. The van der Waals surface area contributed by atoms with Gasteiger partial charge in [-0.3, -0.25) is 0 Å². The van der Waals surface area contributed by atoms with E-state index in [9.17, 15) is 0 Å². The Labute approximate surface area is 319 Å². The fraction of sp³-hybridized carbons (Fsp3) is 0. The summed E-state index contributed by atoms with van der Waals surface area (Å²) in [4.78, 5) is 7.45. The molecule has 0 aliphatic rings. The Morgan fingerprint density at radius 3 is 1.83 bits per heavy atom. The molecule has 0 aliphatic carbocycles. The number of benzene rings is 8. The van der Waals surface area contributed by atoms with Crippen LogP contribution in [0.4, 0.5) is 17.1 Å². The molecule has 5 heteroatoms. The molecular weight excluding hydrogens is 697 g/mol. The first kappa shape index (κ1) is 31.0. The normalized spacial score (nSPS) is 11.7. The van der Waals surface area contributed by atoms with Crippen LogP contribution in [0.15, 0.2) is 186 Å². The molecule has 0 saturated carbocycles. The van der Waals surface area contributed by atoms with E-state index in [0.29, 0.717) is 0 Å². The molecule has 0 unspecified atom stereocenters. The Hall–Kier alpha value is -6.53. The Balaban J connectivity index is 1.04. The average molecular weight is 727 g/mol. The topological polar surface area (TPSA) is 29.3 Å². The maximum absolute atomic E-state index is 6.60. The highest BCUT2D eigenvalue weighted by molar-refractivity contribution is 7.26. The number of anilines is 3. The molecule has 3 heterocycles. The van der Waals surface area contributed by atoms with Crippen molar-refractivity contribution in [1.82, 2.24) is 4.98 Å². The number of hydrogen-bond donors (Lipinski definition) is 0. The van der Waals surface area contributed by atoms with Gasteiger partial charge in [-0.05, 0) is 82.9 Å². The van der Waals surface area contributed by atoms with E-state index in [2.05, 4.69) is 181 Å². The first-order valence-electron chi connectivity index (χ1n) is 18.0. The molecule has 0 saturated heterocycles. The van der Waals surface area contributed by atoms with Crippen molar-refractivity contribution in [2.75, 3.05) is 4.90 Å². The summed E-state index contributed by atoms with van der Waals surface area (Å²) < 4.78 is 10.4. The highest BCUT2D eigenvalue weighted by atomic mass is 32.1. The lowest BCUT2D eigenvalue weighted by Gasteiger charge is -2.26. The Bertz CT molecular complexity index is 3140. The first-order valence-corrected chi connectivity index (χ1v) is 19.7. The van der Waals surface area contributed by atoms with Gasteiger partial charge < -0.3 is 9.32 Å². The van der Waals surface area contributed by atoms with Crippen LogP contribution < -0.4 is 4.90 Å². The average Bonchev–Trinajstić information content (AvgIpc) is 3.95. The number of fused-ring (bicyclic) bond motifs is 8. The second kappa shape index (κ2) is 12.6. The zero-order chi connectivity index (χ0) is 35.6. The maximum atomic E-state index is 6.60. The molecule has 11 rings (SSSR count). The predicted molar refractivity (Wildman–Crippen MR) is 231 cm³/mol. The van der Waals surface area contributed by atoms with Crippen LogP contribution in [0.1, 0.15) is 0 Å². The number of rotatable bonds is 6. The van der Waals surface area contributed by atoms with E-state index in [1.54, 1.807) is 11.3 Å². The van der Waals surface area contributed by atoms with E-state index in [4.69, 9.17) is 9.40 Å². The van der Waals surface area contributed by atoms with E-state index < -0.39 is 0 Å². The van der Waals surface area contributed by atoms with Gasteiger partial charge in [-0.1, -0.05) is 115 Å². The Morgan fingerprint density at radius 1 is 0.407 bits per heavy atom. The van der Waals surface area contributed by atoms with Crippen LogP contribution in [0.2, 0.25) is 0 Å². The Kier molecular flexibility index (Phi) is 7.22. The van der Waals surface area contributed by atoms with Gasteiger partial charge in [-0.2, -0.15) is 0 Å². The third-order valence-corrected chi connectivity index (χ3v) is 12.5. The van der Waals surface area contributed by atoms with Crippen molar-refractivity contribution in [2.24, 2.45) is 0 Å². The summed E-state index contributed by atoms with van der Waals surface area (Å²) in [5, 5.41) is 5.77. The molecule has 8 aromatic carbocycles. The summed E-state index contributed by atoms with van der Waals surface area (Å²) in [6, 6.07) is 64.9. The molecule has 0 aliphatic heterocycles. The fourth-order valence-electron chi connectivity index (χ4n) is 7.77. The van der Waals surface area contributed by atoms with Gasteiger partial charge in [0.2, 0.25) is 0 Å². The van der Waals surface area contributed by atoms with Gasteiger partial charge in [0.25, 0.3) is 0 Å². The molecule has 54 heavy (non-hydrogen) atoms. The van der Waals surface area contributed by atoms with Gasteiger partial charge in [-0.15, -0.1) is 22.7 Å². The minimum Gasteiger partial charge on any atom is -0.456 e. The van der Waals surface area contributed by atoms with Crippen molar-refractivity contribution in [1.29, 1.82) is 0 Å². The second-order valence-electron chi connectivity index (χ2n) is 13.5. The number of nitrogens with zero attached hydrogens (tertiary/aromatic N) is 2. The van der Waals surface area contributed by atoms with Crippen molar-refractivity contribution in [2.45, 2.75) is 0 Å². The zero-order valence-electron chi connectivity index (χ0n) is 28.9. The van der Waals surface area contributed by atoms with E-state index in [1.165, 1.54) is 42.4 Å².